The molecule has 0 aliphatic carbocycles. The number of piperidine rings is 1. The summed E-state index contributed by atoms with van der Waals surface area (Å²) in [6.07, 6.45) is 2.43. The molecule has 1 aliphatic rings. The zero-order valence-electron chi connectivity index (χ0n) is 12.9. The second-order valence-corrected chi connectivity index (χ2v) is 5.62. The van der Waals surface area contributed by atoms with Crippen molar-refractivity contribution < 1.29 is 9.47 Å². The van der Waals surface area contributed by atoms with Crippen LogP contribution in [0.3, 0.4) is 0 Å². The van der Waals surface area contributed by atoms with Gasteiger partial charge in [0.25, 0.3) is 0 Å². The van der Waals surface area contributed by atoms with Crippen LogP contribution in [0.5, 0.6) is 5.75 Å². The third kappa shape index (κ3) is 3.74. The third-order valence-corrected chi connectivity index (χ3v) is 4.39. The van der Waals surface area contributed by atoms with Crippen molar-refractivity contribution >= 4 is 0 Å². The summed E-state index contributed by atoms with van der Waals surface area (Å²) >= 11 is 0. The van der Waals surface area contributed by atoms with Gasteiger partial charge >= 0.3 is 0 Å². The predicted molar refractivity (Wildman–Crippen MR) is 82.4 cm³/mol. The Morgan fingerprint density at radius 3 is 2.90 bits per heavy atom. The normalized spacial score (nSPS) is 26.4. The van der Waals surface area contributed by atoms with Crippen molar-refractivity contribution in [2.45, 2.75) is 38.6 Å². The lowest BCUT2D eigenvalue weighted by Crippen LogP contribution is -2.42. The van der Waals surface area contributed by atoms with E-state index in [0.29, 0.717) is 31.1 Å². The van der Waals surface area contributed by atoms with Gasteiger partial charge in [0, 0.05) is 13.2 Å². The van der Waals surface area contributed by atoms with Gasteiger partial charge in [-0.2, -0.15) is 0 Å². The van der Waals surface area contributed by atoms with Crippen LogP contribution in [-0.4, -0.2) is 32.9 Å². The van der Waals surface area contributed by atoms with Crippen LogP contribution in [-0.2, 0) is 4.74 Å². The monoisotopic (exact) mass is 277 g/mol. The van der Waals surface area contributed by atoms with Crippen molar-refractivity contribution in [2.75, 3.05) is 26.9 Å². The highest BCUT2D eigenvalue weighted by Crippen LogP contribution is 2.36. The standard InChI is InChI=1S/C17H27NO2/c1-4-16-13(2)18-9-8-17(16)14-6-5-7-15(12-14)20-11-10-19-3/h5-7,12-13,16-18H,4,8-11H2,1-3H3/t13-,16-,17+/m1/s1. The van der Waals surface area contributed by atoms with Crippen molar-refractivity contribution in [3.63, 3.8) is 0 Å². The van der Waals surface area contributed by atoms with Crippen LogP contribution in [0.1, 0.15) is 38.2 Å². The molecule has 1 heterocycles. The molecule has 0 spiro atoms. The average Bonchev–Trinajstić information content (AvgIpc) is 2.47. The first-order valence-electron chi connectivity index (χ1n) is 7.71. The summed E-state index contributed by atoms with van der Waals surface area (Å²) in [6.45, 7) is 6.95. The summed E-state index contributed by atoms with van der Waals surface area (Å²) in [5.41, 5.74) is 1.42. The smallest absolute Gasteiger partial charge is 0.119 e. The van der Waals surface area contributed by atoms with E-state index in [1.54, 1.807) is 7.11 Å². The molecule has 1 N–H and O–H groups in total. The van der Waals surface area contributed by atoms with Crippen molar-refractivity contribution in [1.29, 1.82) is 0 Å². The number of hydrogen-bond donors (Lipinski definition) is 1. The second kappa shape index (κ2) is 7.65. The molecule has 20 heavy (non-hydrogen) atoms. The Kier molecular flexibility index (Phi) is 5.86. The van der Waals surface area contributed by atoms with Crippen LogP contribution < -0.4 is 10.1 Å². The minimum Gasteiger partial charge on any atom is -0.491 e. The Labute approximate surface area is 122 Å². The van der Waals surface area contributed by atoms with E-state index in [1.807, 2.05) is 6.07 Å². The zero-order valence-corrected chi connectivity index (χ0v) is 12.9. The molecule has 3 atom stereocenters. The number of methoxy groups -OCH3 is 1. The number of rotatable bonds is 6. The van der Waals surface area contributed by atoms with E-state index in [9.17, 15) is 0 Å². The van der Waals surface area contributed by atoms with E-state index < -0.39 is 0 Å². The van der Waals surface area contributed by atoms with E-state index in [4.69, 9.17) is 9.47 Å². The fraction of sp³-hybridized carbons (Fsp3) is 0.647. The van der Waals surface area contributed by atoms with Gasteiger partial charge < -0.3 is 14.8 Å². The number of benzene rings is 1. The van der Waals surface area contributed by atoms with E-state index in [1.165, 1.54) is 18.4 Å². The van der Waals surface area contributed by atoms with Gasteiger partial charge in [-0.15, -0.1) is 0 Å². The highest BCUT2D eigenvalue weighted by molar-refractivity contribution is 5.32. The van der Waals surface area contributed by atoms with Gasteiger partial charge in [0.15, 0.2) is 0 Å². The van der Waals surface area contributed by atoms with Gasteiger partial charge in [0.2, 0.25) is 0 Å². The first-order valence-corrected chi connectivity index (χ1v) is 7.71. The molecule has 1 aromatic carbocycles. The number of hydrogen-bond acceptors (Lipinski definition) is 3. The van der Waals surface area contributed by atoms with Gasteiger partial charge in [-0.05, 0) is 49.4 Å². The topological polar surface area (TPSA) is 30.5 Å². The molecule has 0 saturated carbocycles. The Balaban J connectivity index is 2.08. The van der Waals surface area contributed by atoms with E-state index in [-0.39, 0.29) is 0 Å². The molecule has 1 fully saturated rings. The maximum Gasteiger partial charge on any atom is 0.119 e. The van der Waals surface area contributed by atoms with Crippen LogP contribution >= 0.6 is 0 Å². The molecular weight excluding hydrogens is 250 g/mol. The summed E-state index contributed by atoms with van der Waals surface area (Å²) in [4.78, 5) is 0. The van der Waals surface area contributed by atoms with Crippen molar-refractivity contribution in [2.24, 2.45) is 5.92 Å². The first kappa shape index (κ1) is 15.3. The lowest BCUT2D eigenvalue weighted by atomic mass is 9.76. The molecule has 3 nitrogen and oxygen atoms in total. The Morgan fingerprint density at radius 2 is 2.15 bits per heavy atom. The maximum absolute atomic E-state index is 5.73. The molecule has 3 heteroatoms. The maximum atomic E-state index is 5.73. The summed E-state index contributed by atoms with van der Waals surface area (Å²) in [5.74, 6) is 2.31. The lowest BCUT2D eigenvalue weighted by molar-refractivity contribution is 0.146. The molecule has 1 saturated heterocycles. The number of ether oxygens (including phenoxy) is 2. The van der Waals surface area contributed by atoms with Gasteiger partial charge in [-0.25, -0.2) is 0 Å². The fourth-order valence-electron chi connectivity index (χ4n) is 3.31. The summed E-state index contributed by atoms with van der Waals surface area (Å²) in [7, 11) is 1.70. The SMILES string of the molecule is CC[C@@H]1[C@@H](C)NCC[C@H]1c1cccc(OCCOC)c1. The molecule has 0 bridgehead atoms. The summed E-state index contributed by atoms with van der Waals surface area (Å²) in [5, 5.41) is 3.59. The van der Waals surface area contributed by atoms with E-state index in [2.05, 4.69) is 37.4 Å². The van der Waals surface area contributed by atoms with Gasteiger partial charge in [0.05, 0.1) is 6.61 Å². The molecule has 0 aromatic heterocycles. The van der Waals surface area contributed by atoms with Crippen LogP contribution in [0.4, 0.5) is 0 Å². The molecule has 1 aliphatic heterocycles. The van der Waals surface area contributed by atoms with Gasteiger partial charge in [-0.3, -0.25) is 0 Å². The van der Waals surface area contributed by atoms with E-state index >= 15 is 0 Å². The Morgan fingerprint density at radius 1 is 1.30 bits per heavy atom. The van der Waals surface area contributed by atoms with Crippen molar-refractivity contribution in [3.8, 4) is 5.75 Å². The Hall–Kier alpha value is -1.06. The lowest BCUT2D eigenvalue weighted by Gasteiger charge is -2.37. The molecular formula is C17H27NO2. The molecule has 0 unspecified atom stereocenters. The minimum absolute atomic E-state index is 0.594. The third-order valence-electron chi connectivity index (χ3n) is 4.39. The fourth-order valence-corrected chi connectivity index (χ4v) is 3.31. The van der Waals surface area contributed by atoms with Crippen LogP contribution in [0.15, 0.2) is 24.3 Å². The van der Waals surface area contributed by atoms with E-state index in [0.717, 1.165) is 12.3 Å². The van der Waals surface area contributed by atoms with Crippen molar-refractivity contribution in [1.82, 2.24) is 5.32 Å². The molecule has 1 aromatic rings. The van der Waals surface area contributed by atoms with Crippen molar-refractivity contribution in [3.05, 3.63) is 29.8 Å². The van der Waals surface area contributed by atoms with Crippen LogP contribution in [0, 0.1) is 5.92 Å². The van der Waals surface area contributed by atoms with Crippen LogP contribution in [0.2, 0.25) is 0 Å². The first-order chi connectivity index (χ1) is 9.76. The second-order valence-electron chi connectivity index (χ2n) is 5.62. The van der Waals surface area contributed by atoms with Gasteiger partial charge in [-0.1, -0.05) is 25.5 Å². The molecule has 112 valence electrons. The predicted octanol–water partition coefficient (Wildman–Crippen LogP) is 3.20. The van der Waals surface area contributed by atoms with Gasteiger partial charge in [0.1, 0.15) is 12.4 Å². The van der Waals surface area contributed by atoms with Crippen LogP contribution in [0.25, 0.3) is 0 Å². The zero-order chi connectivity index (χ0) is 14.4. The quantitative estimate of drug-likeness (QED) is 0.810. The largest absolute Gasteiger partial charge is 0.491 e. The average molecular weight is 277 g/mol. The molecule has 0 amide bonds. The highest BCUT2D eigenvalue weighted by Gasteiger charge is 2.30. The summed E-state index contributed by atoms with van der Waals surface area (Å²) in [6, 6.07) is 9.19. The Bertz CT molecular complexity index is 408. The minimum atomic E-state index is 0.594. The molecule has 0 radical (unpaired) electrons. The molecule has 2 rings (SSSR count). The highest BCUT2D eigenvalue weighted by atomic mass is 16.5. The summed E-state index contributed by atoms with van der Waals surface area (Å²) < 4.78 is 10.8. The number of nitrogens with one attached hydrogen (secondary N) is 1.